The van der Waals surface area contributed by atoms with Crippen LogP contribution >= 0.6 is 0 Å². The molecule has 0 aliphatic carbocycles. The van der Waals surface area contributed by atoms with Crippen LogP contribution in [0.3, 0.4) is 0 Å². The summed E-state index contributed by atoms with van der Waals surface area (Å²) in [6.07, 6.45) is 0. The van der Waals surface area contributed by atoms with Crippen molar-refractivity contribution in [3.63, 3.8) is 0 Å². The number of rotatable bonds is 4. The van der Waals surface area contributed by atoms with Crippen LogP contribution in [0.5, 0.6) is 0 Å². The second-order valence-electron chi connectivity index (χ2n) is 12.8. The number of hydrogen-bond acceptors (Lipinski definition) is 3. The molecule has 0 bridgehead atoms. The van der Waals surface area contributed by atoms with E-state index in [0.717, 1.165) is 27.9 Å². The molecule has 0 atom stereocenters. The molecule has 0 fully saturated rings. The minimum absolute atomic E-state index is 0.680. The summed E-state index contributed by atoms with van der Waals surface area (Å²) in [7, 11) is -2.16. The maximum absolute atomic E-state index is 5.32. The first-order valence-corrected chi connectivity index (χ1v) is 19.1. The molecule has 2 heterocycles. The van der Waals surface area contributed by atoms with Gasteiger partial charge in [0.25, 0.3) is 0 Å². The lowest BCUT2D eigenvalue weighted by Crippen LogP contribution is -2.50. The zero-order valence-corrected chi connectivity index (χ0v) is 27.3. The summed E-state index contributed by atoms with van der Waals surface area (Å²) < 4.78 is 0. The highest BCUT2D eigenvalue weighted by Gasteiger charge is 2.41. The van der Waals surface area contributed by atoms with E-state index in [1.807, 2.05) is 18.2 Å². The number of aromatic nitrogens is 3. The third-order valence-electron chi connectivity index (χ3n) is 9.69. The maximum atomic E-state index is 5.32. The Bertz CT molecular complexity index is 2490. The van der Waals surface area contributed by atoms with Crippen LogP contribution in [0.15, 0.2) is 152 Å². The van der Waals surface area contributed by atoms with Crippen molar-refractivity contribution in [2.75, 3.05) is 0 Å². The van der Waals surface area contributed by atoms with Gasteiger partial charge < -0.3 is 0 Å². The average molecular weight is 618 g/mol. The highest BCUT2D eigenvalue weighted by atomic mass is 28.3. The minimum Gasteiger partial charge on any atom is -0.208 e. The third kappa shape index (κ3) is 4.37. The van der Waals surface area contributed by atoms with Crippen LogP contribution < -0.4 is 10.4 Å². The second-order valence-corrected chi connectivity index (χ2v) is 17.1. The van der Waals surface area contributed by atoms with Gasteiger partial charge in [-0.3, -0.25) is 0 Å². The third-order valence-corrected chi connectivity index (χ3v) is 13.3. The van der Waals surface area contributed by atoms with Crippen molar-refractivity contribution in [1.82, 2.24) is 15.0 Å². The Kier molecular flexibility index (Phi) is 6.27. The van der Waals surface area contributed by atoms with Gasteiger partial charge in [0.15, 0.2) is 17.5 Å². The number of nitrogens with zero attached hydrogens (tertiary/aromatic N) is 3. The van der Waals surface area contributed by atoms with E-state index in [1.54, 1.807) is 0 Å². The summed E-state index contributed by atoms with van der Waals surface area (Å²) >= 11 is 0. The fourth-order valence-corrected chi connectivity index (χ4v) is 11.4. The highest BCUT2D eigenvalue weighted by molar-refractivity contribution is 7.05. The van der Waals surface area contributed by atoms with Crippen LogP contribution in [-0.4, -0.2) is 23.0 Å². The fraction of sp³-hybridized carbons (Fsp3) is 0.0465. The molecule has 1 aliphatic rings. The summed E-state index contributed by atoms with van der Waals surface area (Å²) in [4.78, 5) is 15.7. The summed E-state index contributed by atoms with van der Waals surface area (Å²) in [6.45, 7) is 4.95. The summed E-state index contributed by atoms with van der Waals surface area (Å²) in [5.41, 5.74) is 8.11. The van der Waals surface area contributed by atoms with Gasteiger partial charge in [0.2, 0.25) is 0 Å². The van der Waals surface area contributed by atoms with Gasteiger partial charge in [-0.05, 0) is 60.2 Å². The Hall–Kier alpha value is -5.71. The molecule has 0 amide bonds. The Morgan fingerprint density at radius 3 is 1.60 bits per heavy atom. The molecule has 0 unspecified atom stereocenters. The topological polar surface area (TPSA) is 38.7 Å². The first-order chi connectivity index (χ1) is 23.1. The van der Waals surface area contributed by atoms with Gasteiger partial charge in [0.1, 0.15) is 8.07 Å². The van der Waals surface area contributed by atoms with Crippen molar-refractivity contribution in [3.05, 3.63) is 152 Å². The normalized spacial score (nSPS) is 13.1. The molecule has 222 valence electrons. The number of benzene rings is 7. The standard InChI is InChI=1S/C43H31N3Si/c1-47(2)39-32-19-10-9-16-29(32)24-25-36(39)35-22-13-23-38(40(35)47)43-45-41(30-17-7-4-8-18-30)44-42(46-43)37-27-26-31(28-14-5-3-6-15-28)33-20-11-12-21-34(33)37/h3-27H,1-2H3. The van der Waals surface area contributed by atoms with Crippen molar-refractivity contribution in [3.8, 4) is 56.4 Å². The summed E-state index contributed by atoms with van der Waals surface area (Å²) in [5, 5.41) is 7.84. The predicted molar refractivity (Wildman–Crippen MR) is 199 cm³/mol. The lowest BCUT2D eigenvalue weighted by atomic mass is 9.94. The summed E-state index contributed by atoms with van der Waals surface area (Å²) in [6, 6.07) is 53.8. The van der Waals surface area contributed by atoms with Crippen molar-refractivity contribution >= 4 is 40.0 Å². The van der Waals surface area contributed by atoms with E-state index in [0.29, 0.717) is 11.6 Å². The van der Waals surface area contributed by atoms with Crippen molar-refractivity contribution in [1.29, 1.82) is 0 Å². The fourth-order valence-electron chi connectivity index (χ4n) is 7.63. The van der Waals surface area contributed by atoms with Crippen LogP contribution in [0.2, 0.25) is 13.1 Å². The zero-order valence-electron chi connectivity index (χ0n) is 26.3. The molecule has 7 aromatic carbocycles. The van der Waals surface area contributed by atoms with Gasteiger partial charge in [0.05, 0.1) is 0 Å². The van der Waals surface area contributed by atoms with Crippen LogP contribution in [0.25, 0.3) is 78.0 Å². The number of hydrogen-bond donors (Lipinski definition) is 0. The molecule has 0 spiro atoms. The van der Waals surface area contributed by atoms with Gasteiger partial charge in [-0.15, -0.1) is 0 Å². The van der Waals surface area contributed by atoms with Crippen molar-refractivity contribution in [2.24, 2.45) is 0 Å². The molecule has 0 N–H and O–H groups in total. The number of fused-ring (bicyclic) bond motifs is 6. The first kappa shape index (κ1) is 27.6. The van der Waals surface area contributed by atoms with Crippen LogP contribution in [0.4, 0.5) is 0 Å². The van der Waals surface area contributed by atoms with Crippen molar-refractivity contribution in [2.45, 2.75) is 13.1 Å². The molecule has 9 rings (SSSR count). The molecule has 47 heavy (non-hydrogen) atoms. The zero-order chi connectivity index (χ0) is 31.5. The van der Waals surface area contributed by atoms with E-state index in [4.69, 9.17) is 15.0 Å². The first-order valence-electron chi connectivity index (χ1n) is 16.1. The lowest BCUT2D eigenvalue weighted by Gasteiger charge is -2.23. The minimum atomic E-state index is -2.16. The van der Waals surface area contributed by atoms with E-state index in [-0.39, 0.29) is 0 Å². The molecule has 3 nitrogen and oxygen atoms in total. The molecule has 0 saturated carbocycles. The van der Waals surface area contributed by atoms with E-state index < -0.39 is 8.07 Å². The largest absolute Gasteiger partial charge is 0.208 e. The predicted octanol–water partition coefficient (Wildman–Crippen LogP) is 9.65. The quantitative estimate of drug-likeness (QED) is 0.185. The van der Waals surface area contributed by atoms with Crippen molar-refractivity contribution < 1.29 is 0 Å². The van der Waals surface area contributed by atoms with Crippen LogP contribution in [0.1, 0.15) is 0 Å². The van der Waals surface area contributed by atoms with Crippen LogP contribution in [-0.2, 0) is 0 Å². The van der Waals surface area contributed by atoms with E-state index >= 15 is 0 Å². The van der Waals surface area contributed by atoms with Gasteiger partial charge in [-0.25, -0.2) is 15.0 Å². The molecule has 4 heteroatoms. The smallest absolute Gasteiger partial charge is 0.164 e. The molecular formula is C43H31N3Si. The van der Waals surface area contributed by atoms with E-state index in [1.165, 1.54) is 48.8 Å². The van der Waals surface area contributed by atoms with Crippen LogP contribution in [0, 0.1) is 0 Å². The Labute approximate surface area is 275 Å². The monoisotopic (exact) mass is 617 g/mol. The average Bonchev–Trinajstić information content (AvgIpc) is 3.38. The van der Waals surface area contributed by atoms with Gasteiger partial charge in [-0.1, -0.05) is 159 Å². The van der Waals surface area contributed by atoms with E-state index in [2.05, 4.69) is 147 Å². The molecule has 1 aromatic heterocycles. The van der Waals surface area contributed by atoms with Gasteiger partial charge in [0, 0.05) is 16.7 Å². The summed E-state index contributed by atoms with van der Waals surface area (Å²) in [5.74, 6) is 2.09. The second kappa shape index (κ2) is 10.7. The molecule has 8 aromatic rings. The SMILES string of the molecule is C[Si]1(C)c2c(-c3nc(-c4ccccc4)nc(-c4ccc(-c5ccccc5)c5ccccc45)n3)cccc2-c2ccc3ccccc3c21. The van der Waals surface area contributed by atoms with E-state index in [9.17, 15) is 0 Å². The Balaban J connectivity index is 1.29. The van der Waals surface area contributed by atoms with Gasteiger partial charge >= 0.3 is 0 Å². The highest BCUT2D eigenvalue weighted by Crippen LogP contribution is 2.38. The molecular weight excluding hydrogens is 587 g/mol. The molecule has 1 aliphatic heterocycles. The molecule has 0 radical (unpaired) electrons. The van der Waals surface area contributed by atoms with Gasteiger partial charge in [-0.2, -0.15) is 0 Å². The lowest BCUT2D eigenvalue weighted by molar-refractivity contribution is 1.08. The Morgan fingerprint density at radius 2 is 0.851 bits per heavy atom. The molecule has 0 saturated heterocycles. The maximum Gasteiger partial charge on any atom is 0.164 e. The Morgan fingerprint density at radius 1 is 0.340 bits per heavy atom.